The standard InChI is InChI=1S/C13H21N5O/c1-19-12-10-2-4-14-5-3-11(10)16-13(17-12)18-8-6-15-7-9-18/h14-15H,2-9H2,1H3. The molecule has 1 aromatic rings. The molecule has 1 aromatic heterocycles. The summed E-state index contributed by atoms with van der Waals surface area (Å²) in [4.78, 5) is 11.6. The number of nitrogens with zero attached hydrogens (tertiary/aromatic N) is 3. The molecule has 0 spiro atoms. The second kappa shape index (κ2) is 5.71. The minimum Gasteiger partial charge on any atom is -0.481 e. The molecule has 6 heteroatoms. The van der Waals surface area contributed by atoms with Crippen molar-refractivity contribution in [2.75, 3.05) is 51.3 Å². The second-order valence-corrected chi connectivity index (χ2v) is 4.95. The summed E-state index contributed by atoms with van der Waals surface area (Å²) in [5.74, 6) is 1.57. The molecule has 0 amide bonds. The van der Waals surface area contributed by atoms with Crippen molar-refractivity contribution in [1.82, 2.24) is 20.6 Å². The van der Waals surface area contributed by atoms with Crippen LogP contribution in [0.15, 0.2) is 0 Å². The summed E-state index contributed by atoms with van der Waals surface area (Å²) in [7, 11) is 1.70. The van der Waals surface area contributed by atoms with Crippen molar-refractivity contribution in [3.05, 3.63) is 11.3 Å². The zero-order valence-corrected chi connectivity index (χ0v) is 11.4. The molecule has 3 heterocycles. The molecule has 6 nitrogen and oxygen atoms in total. The molecule has 1 fully saturated rings. The smallest absolute Gasteiger partial charge is 0.228 e. The Hall–Kier alpha value is -1.40. The van der Waals surface area contributed by atoms with Crippen LogP contribution in [0, 0.1) is 0 Å². The third-order valence-corrected chi connectivity index (χ3v) is 3.73. The molecule has 2 aliphatic rings. The number of hydrogen-bond acceptors (Lipinski definition) is 6. The monoisotopic (exact) mass is 263 g/mol. The molecule has 0 radical (unpaired) electrons. The first-order valence-corrected chi connectivity index (χ1v) is 6.98. The highest BCUT2D eigenvalue weighted by molar-refractivity contribution is 5.41. The van der Waals surface area contributed by atoms with Crippen LogP contribution in [0.5, 0.6) is 5.88 Å². The average Bonchev–Trinajstić information content (AvgIpc) is 2.72. The Morgan fingerprint density at radius 3 is 2.53 bits per heavy atom. The number of aromatic nitrogens is 2. The molecule has 0 aliphatic carbocycles. The van der Waals surface area contributed by atoms with Crippen molar-refractivity contribution < 1.29 is 4.74 Å². The van der Waals surface area contributed by atoms with E-state index in [1.165, 1.54) is 5.56 Å². The van der Waals surface area contributed by atoms with Crippen LogP contribution in [0.3, 0.4) is 0 Å². The van der Waals surface area contributed by atoms with Crippen molar-refractivity contribution in [3.63, 3.8) is 0 Å². The van der Waals surface area contributed by atoms with E-state index < -0.39 is 0 Å². The lowest BCUT2D eigenvalue weighted by molar-refractivity contribution is 0.390. The molecule has 2 aliphatic heterocycles. The Balaban J connectivity index is 1.94. The minimum atomic E-state index is 0.752. The Labute approximate surface area is 113 Å². The Morgan fingerprint density at radius 2 is 1.74 bits per heavy atom. The second-order valence-electron chi connectivity index (χ2n) is 4.95. The number of fused-ring (bicyclic) bond motifs is 1. The largest absolute Gasteiger partial charge is 0.481 e. The molecule has 19 heavy (non-hydrogen) atoms. The first kappa shape index (κ1) is 12.6. The van der Waals surface area contributed by atoms with Gasteiger partial charge in [0.25, 0.3) is 0 Å². The zero-order chi connectivity index (χ0) is 13.1. The van der Waals surface area contributed by atoms with Gasteiger partial charge in [0.2, 0.25) is 11.8 Å². The first-order chi connectivity index (χ1) is 9.38. The van der Waals surface area contributed by atoms with Gasteiger partial charge in [-0.2, -0.15) is 4.98 Å². The average molecular weight is 263 g/mol. The van der Waals surface area contributed by atoms with Crippen LogP contribution in [-0.2, 0) is 12.8 Å². The lowest BCUT2D eigenvalue weighted by atomic mass is 10.1. The maximum atomic E-state index is 5.48. The predicted molar refractivity (Wildman–Crippen MR) is 73.9 cm³/mol. The van der Waals surface area contributed by atoms with Crippen LogP contribution in [0.2, 0.25) is 0 Å². The molecule has 3 rings (SSSR count). The van der Waals surface area contributed by atoms with E-state index in [2.05, 4.69) is 20.5 Å². The Morgan fingerprint density at radius 1 is 1.00 bits per heavy atom. The third-order valence-electron chi connectivity index (χ3n) is 3.73. The fourth-order valence-electron chi connectivity index (χ4n) is 2.67. The van der Waals surface area contributed by atoms with Crippen LogP contribution >= 0.6 is 0 Å². The van der Waals surface area contributed by atoms with Crippen molar-refractivity contribution in [2.24, 2.45) is 0 Å². The summed E-state index contributed by atoms with van der Waals surface area (Å²) in [5.41, 5.74) is 2.32. The maximum absolute atomic E-state index is 5.48. The molecule has 0 aromatic carbocycles. The van der Waals surface area contributed by atoms with Gasteiger partial charge in [-0.15, -0.1) is 0 Å². The summed E-state index contributed by atoms with van der Waals surface area (Å²) in [6.45, 7) is 5.85. The summed E-state index contributed by atoms with van der Waals surface area (Å²) < 4.78 is 5.48. The van der Waals surface area contributed by atoms with E-state index in [1.807, 2.05) is 0 Å². The molecule has 0 atom stereocenters. The molecule has 1 saturated heterocycles. The zero-order valence-electron chi connectivity index (χ0n) is 11.4. The summed E-state index contributed by atoms with van der Waals surface area (Å²) in [6.07, 6.45) is 1.90. The van der Waals surface area contributed by atoms with Crippen molar-refractivity contribution in [3.8, 4) is 5.88 Å². The number of anilines is 1. The van der Waals surface area contributed by atoms with E-state index in [0.717, 1.165) is 69.6 Å². The summed E-state index contributed by atoms with van der Waals surface area (Å²) >= 11 is 0. The van der Waals surface area contributed by atoms with Gasteiger partial charge in [0, 0.05) is 44.7 Å². The highest BCUT2D eigenvalue weighted by atomic mass is 16.5. The van der Waals surface area contributed by atoms with E-state index in [1.54, 1.807) is 7.11 Å². The van der Waals surface area contributed by atoms with Gasteiger partial charge < -0.3 is 20.3 Å². The van der Waals surface area contributed by atoms with E-state index in [4.69, 9.17) is 9.72 Å². The minimum absolute atomic E-state index is 0.752. The lowest BCUT2D eigenvalue weighted by Gasteiger charge is -2.28. The Kier molecular flexibility index (Phi) is 3.79. The number of hydrogen-bond donors (Lipinski definition) is 2. The van der Waals surface area contributed by atoms with Gasteiger partial charge in [0.05, 0.1) is 12.8 Å². The predicted octanol–water partition coefficient (Wildman–Crippen LogP) is -0.417. The molecule has 0 bridgehead atoms. The fourth-order valence-corrected chi connectivity index (χ4v) is 2.67. The van der Waals surface area contributed by atoms with Gasteiger partial charge in [-0.1, -0.05) is 0 Å². The first-order valence-electron chi connectivity index (χ1n) is 6.98. The van der Waals surface area contributed by atoms with Gasteiger partial charge in [0.15, 0.2) is 0 Å². The van der Waals surface area contributed by atoms with Crippen molar-refractivity contribution >= 4 is 5.95 Å². The van der Waals surface area contributed by atoms with E-state index in [-0.39, 0.29) is 0 Å². The molecular formula is C13H21N5O. The van der Waals surface area contributed by atoms with Crippen LogP contribution in [0.1, 0.15) is 11.3 Å². The van der Waals surface area contributed by atoms with Crippen molar-refractivity contribution in [2.45, 2.75) is 12.8 Å². The summed E-state index contributed by atoms with van der Waals surface area (Å²) in [6, 6.07) is 0. The lowest BCUT2D eigenvalue weighted by Crippen LogP contribution is -2.44. The van der Waals surface area contributed by atoms with Gasteiger partial charge in [-0.25, -0.2) is 4.98 Å². The van der Waals surface area contributed by atoms with Crippen LogP contribution in [0.4, 0.5) is 5.95 Å². The third kappa shape index (κ3) is 2.64. The van der Waals surface area contributed by atoms with E-state index in [9.17, 15) is 0 Å². The van der Waals surface area contributed by atoms with Gasteiger partial charge in [-0.05, 0) is 13.0 Å². The maximum Gasteiger partial charge on any atom is 0.228 e. The molecular weight excluding hydrogens is 242 g/mol. The molecule has 0 unspecified atom stereocenters. The Bertz CT molecular complexity index is 445. The topological polar surface area (TPSA) is 62.3 Å². The van der Waals surface area contributed by atoms with Crippen LogP contribution < -0.4 is 20.3 Å². The number of nitrogens with one attached hydrogen (secondary N) is 2. The van der Waals surface area contributed by atoms with E-state index >= 15 is 0 Å². The SMILES string of the molecule is COc1nc(N2CCNCC2)nc2c1CCNCC2. The fraction of sp³-hybridized carbons (Fsp3) is 0.692. The highest BCUT2D eigenvalue weighted by Crippen LogP contribution is 2.24. The van der Waals surface area contributed by atoms with E-state index in [0.29, 0.717) is 0 Å². The van der Waals surface area contributed by atoms with Crippen LogP contribution in [-0.4, -0.2) is 56.3 Å². The van der Waals surface area contributed by atoms with Crippen molar-refractivity contribution in [1.29, 1.82) is 0 Å². The molecule has 2 N–H and O–H groups in total. The van der Waals surface area contributed by atoms with Gasteiger partial charge in [-0.3, -0.25) is 0 Å². The number of methoxy groups -OCH3 is 1. The number of ether oxygens (including phenoxy) is 1. The molecule has 0 saturated carbocycles. The molecule has 104 valence electrons. The van der Waals surface area contributed by atoms with Gasteiger partial charge in [0.1, 0.15) is 0 Å². The quantitative estimate of drug-likeness (QED) is 0.756. The van der Waals surface area contributed by atoms with Crippen LogP contribution in [0.25, 0.3) is 0 Å². The highest BCUT2D eigenvalue weighted by Gasteiger charge is 2.20. The normalized spacial score (nSPS) is 19.7. The number of rotatable bonds is 2. The number of piperazine rings is 1. The summed E-state index contributed by atoms with van der Waals surface area (Å²) in [5, 5.41) is 6.74. The van der Waals surface area contributed by atoms with Gasteiger partial charge >= 0.3 is 0 Å².